The van der Waals surface area contributed by atoms with Crippen molar-refractivity contribution >= 4 is 21.9 Å². The predicted octanol–water partition coefficient (Wildman–Crippen LogP) is 6.57. The number of rotatable bonds is 2. The minimum Gasteiger partial charge on any atom is -0.455 e. The average molecular weight is 374 g/mol. The van der Waals surface area contributed by atoms with E-state index in [2.05, 4.69) is 35.8 Å². The molecule has 28 heavy (non-hydrogen) atoms. The first-order valence-electron chi connectivity index (χ1n) is 10.2. The van der Waals surface area contributed by atoms with Gasteiger partial charge in [-0.25, -0.2) is 8.96 Å². The SMILES string of the molecule is Cc1ccc2c(oc3cc(F)c(C4CCCCC4)cc32)c1-c1cccc[n+]1C. The molecule has 0 N–H and O–H groups in total. The zero-order valence-corrected chi connectivity index (χ0v) is 16.5. The van der Waals surface area contributed by atoms with Crippen molar-refractivity contribution < 1.29 is 13.4 Å². The molecule has 0 aliphatic heterocycles. The Morgan fingerprint density at radius 3 is 2.61 bits per heavy atom. The fourth-order valence-corrected chi connectivity index (χ4v) is 4.80. The second-order valence-corrected chi connectivity index (χ2v) is 8.14. The van der Waals surface area contributed by atoms with E-state index in [0.29, 0.717) is 11.5 Å². The molecule has 0 saturated heterocycles. The largest absolute Gasteiger partial charge is 0.455 e. The molecule has 0 unspecified atom stereocenters. The zero-order chi connectivity index (χ0) is 19.3. The van der Waals surface area contributed by atoms with Crippen molar-refractivity contribution in [2.24, 2.45) is 7.05 Å². The molecule has 1 aliphatic carbocycles. The Bertz CT molecular complexity index is 1180. The molecule has 0 amide bonds. The highest BCUT2D eigenvalue weighted by Crippen LogP contribution is 2.40. The summed E-state index contributed by atoms with van der Waals surface area (Å²) in [6.07, 6.45) is 7.87. The van der Waals surface area contributed by atoms with Crippen LogP contribution in [0.5, 0.6) is 0 Å². The average Bonchev–Trinajstić information content (AvgIpc) is 3.06. The third-order valence-electron chi connectivity index (χ3n) is 6.32. The maximum Gasteiger partial charge on any atom is 0.216 e. The fraction of sp³-hybridized carbons (Fsp3) is 0.320. The molecule has 1 aliphatic rings. The van der Waals surface area contributed by atoms with Gasteiger partial charge in [-0.15, -0.1) is 0 Å². The summed E-state index contributed by atoms with van der Waals surface area (Å²) < 4.78 is 23.3. The molecular weight excluding hydrogens is 349 g/mol. The van der Waals surface area contributed by atoms with Crippen LogP contribution in [0, 0.1) is 12.7 Å². The number of halogens is 1. The van der Waals surface area contributed by atoms with Crippen molar-refractivity contribution in [3.8, 4) is 11.3 Å². The lowest BCUT2D eigenvalue weighted by Gasteiger charge is -2.22. The van der Waals surface area contributed by atoms with Crippen LogP contribution < -0.4 is 4.57 Å². The van der Waals surface area contributed by atoms with Crippen LogP contribution in [0.25, 0.3) is 33.2 Å². The van der Waals surface area contributed by atoms with E-state index in [1.165, 1.54) is 19.3 Å². The Kier molecular flexibility index (Phi) is 4.19. The molecule has 0 spiro atoms. The summed E-state index contributed by atoms with van der Waals surface area (Å²) in [6, 6.07) is 14.1. The van der Waals surface area contributed by atoms with E-state index in [-0.39, 0.29) is 5.82 Å². The number of fused-ring (bicyclic) bond motifs is 3. The number of aryl methyl sites for hydroxylation is 2. The van der Waals surface area contributed by atoms with Crippen molar-refractivity contribution in [3.05, 3.63) is 65.6 Å². The van der Waals surface area contributed by atoms with Crippen molar-refractivity contribution in [3.63, 3.8) is 0 Å². The number of furan rings is 1. The van der Waals surface area contributed by atoms with E-state index in [1.807, 2.05) is 25.4 Å². The fourth-order valence-electron chi connectivity index (χ4n) is 4.80. The second kappa shape index (κ2) is 6.73. The smallest absolute Gasteiger partial charge is 0.216 e. The molecule has 2 aromatic heterocycles. The molecule has 0 radical (unpaired) electrons. The van der Waals surface area contributed by atoms with Gasteiger partial charge in [-0.2, -0.15) is 0 Å². The molecule has 2 aromatic carbocycles. The van der Waals surface area contributed by atoms with Crippen LogP contribution in [0.1, 0.15) is 49.1 Å². The number of aromatic nitrogens is 1. The maximum absolute atomic E-state index is 14.9. The summed E-state index contributed by atoms with van der Waals surface area (Å²) in [5.41, 5.74) is 5.67. The van der Waals surface area contributed by atoms with Gasteiger partial charge in [0.15, 0.2) is 6.20 Å². The number of hydrogen-bond acceptors (Lipinski definition) is 1. The third kappa shape index (κ3) is 2.72. The van der Waals surface area contributed by atoms with Gasteiger partial charge >= 0.3 is 0 Å². The van der Waals surface area contributed by atoms with Gasteiger partial charge in [0, 0.05) is 29.0 Å². The van der Waals surface area contributed by atoms with Gasteiger partial charge in [-0.3, -0.25) is 0 Å². The van der Waals surface area contributed by atoms with Crippen LogP contribution in [-0.4, -0.2) is 0 Å². The van der Waals surface area contributed by atoms with E-state index >= 15 is 0 Å². The molecule has 3 heteroatoms. The molecule has 1 saturated carbocycles. The lowest BCUT2D eigenvalue weighted by Crippen LogP contribution is -2.30. The van der Waals surface area contributed by atoms with Gasteiger partial charge in [-0.05, 0) is 48.9 Å². The highest BCUT2D eigenvalue weighted by atomic mass is 19.1. The molecule has 2 heterocycles. The minimum atomic E-state index is -0.123. The molecule has 0 atom stereocenters. The van der Waals surface area contributed by atoms with E-state index < -0.39 is 0 Å². The molecule has 4 aromatic rings. The van der Waals surface area contributed by atoms with Gasteiger partial charge < -0.3 is 4.42 Å². The molecule has 142 valence electrons. The van der Waals surface area contributed by atoms with Crippen molar-refractivity contribution in [1.82, 2.24) is 0 Å². The first-order chi connectivity index (χ1) is 13.6. The number of pyridine rings is 1. The number of benzene rings is 2. The Morgan fingerprint density at radius 2 is 1.82 bits per heavy atom. The lowest BCUT2D eigenvalue weighted by atomic mass is 9.83. The Hall–Kier alpha value is -2.68. The molecule has 2 nitrogen and oxygen atoms in total. The quantitative estimate of drug-likeness (QED) is 0.363. The summed E-state index contributed by atoms with van der Waals surface area (Å²) in [5.74, 6) is 0.210. The third-order valence-corrected chi connectivity index (χ3v) is 6.32. The Morgan fingerprint density at radius 1 is 1.00 bits per heavy atom. The topological polar surface area (TPSA) is 17.0 Å². The molecular formula is C25H25FNO+. The van der Waals surface area contributed by atoms with E-state index in [9.17, 15) is 4.39 Å². The van der Waals surface area contributed by atoms with Gasteiger partial charge in [0.2, 0.25) is 5.69 Å². The molecule has 5 rings (SSSR count). The van der Waals surface area contributed by atoms with Gasteiger partial charge in [0.1, 0.15) is 24.0 Å². The van der Waals surface area contributed by atoms with Crippen molar-refractivity contribution in [2.45, 2.75) is 44.9 Å². The van der Waals surface area contributed by atoms with E-state index in [1.54, 1.807) is 6.07 Å². The van der Waals surface area contributed by atoms with Crippen LogP contribution in [0.3, 0.4) is 0 Å². The zero-order valence-electron chi connectivity index (χ0n) is 16.5. The highest BCUT2D eigenvalue weighted by molar-refractivity contribution is 6.10. The summed E-state index contributed by atoms with van der Waals surface area (Å²) in [4.78, 5) is 0. The van der Waals surface area contributed by atoms with Crippen LogP contribution in [0.4, 0.5) is 4.39 Å². The highest BCUT2D eigenvalue weighted by Gasteiger charge is 2.23. The summed E-state index contributed by atoms with van der Waals surface area (Å²) in [5, 5.41) is 2.09. The summed E-state index contributed by atoms with van der Waals surface area (Å²) >= 11 is 0. The van der Waals surface area contributed by atoms with Crippen LogP contribution in [0.2, 0.25) is 0 Å². The number of nitrogens with zero attached hydrogens (tertiary/aromatic N) is 1. The normalized spacial score (nSPS) is 15.5. The van der Waals surface area contributed by atoms with Gasteiger partial charge in [-0.1, -0.05) is 31.4 Å². The standard InChI is InChI=1S/C25H25FNO/c1-16-11-12-18-20-14-19(17-8-4-3-5-9-17)21(26)15-23(20)28-25(18)24(16)22-10-6-7-13-27(22)2/h6-7,10-15,17H,3-5,8-9H2,1-2H3/q+1. The monoisotopic (exact) mass is 374 g/mol. The first kappa shape index (κ1) is 17.4. The van der Waals surface area contributed by atoms with E-state index in [4.69, 9.17) is 4.42 Å². The van der Waals surface area contributed by atoms with Crippen LogP contribution in [-0.2, 0) is 7.05 Å². The lowest BCUT2D eigenvalue weighted by molar-refractivity contribution is -0.660. The molecule has 0 bridgehead atoms. The summed E-state index contributed by atoms with van der Waals surface area (Å²) in [6.45, 7) is 2.10. The van der Waals surface area contributed by atoms with Crippen LogP contribution in [0.15, 0.2) is 53.1 Å². The molecule has 1 fully saturated rings. The van der Waals surface area contributed by atoms with Gasteiger partial charge in [0.25, 0.3) is 0 Å². The van der Waals surface area contributed by atoms with Gasteiger partial charge in [0.05, 0.1) is 5.56 Å². The Balaban J connectivity index is 1.77. The van der Waals surface area contributed by atoms with Crippen molar-refractivity contribution in [1.29, 1.82) is 0 Å². The maximum atomic E-state index is 14.9. The van der Waals surface area contributed by atoms with Crippen LogP contribution >= 0.6 is 0 Å². The first-order valence-corrected chi connectivity index (χ1v) is 10.2. The van der Waals surface area contributed by atoms with E-state index in [0.717, 1.165) is 51.6 Å². The number of hydrogen-bond donors (Lipinski definition) is 0. The Labute approximate surface area is 164 Å². The predicted molar refractivity (Wildman–Crippen MR) is 111 cm³/mol. The summed E-state index contributed by atoms with van der Waals surface area (Å²) in [7, 11) is 2.04. The van der Waals surface area contributed by atoms with Crippen molar-refractivity contribution in [2.75, 3.05) is 0 Å². The minimum absolute atomic E-state index is 0.123. The second-order valence-electron chi connectivity index (χ2n) is 8.14.